The van der Waals surface area contributed by atoms with Crippen LogP contribution in [0.2, 0.25) is 10.0 Å². The number of aryl methyl sites for hydroxylation is 4. The maximum atomic E-state index is 7.13. The Morgan fingerprint density at radius 2 is 0.821 bits per heavy atom. The SMILES string of the molecule is CCOc1ccc(C(OC(c2ccc(OCC)cc2)c2cc(C)c(Cl)c(C)c2)c2cc(C)c(Cl)c(C)c2)cc1. The van der Waals surface area contributed by atoms with E-state index in [1.165, 1.54) is 0 Å². The summed E-state index contributed by atoms with van der Waals surface area (Å²) < 4.78 is 18.5. The zero-order valence-electron chi connectivity index (χ0n) is 23.5. The molecule has 0 N–H and O–H groups in total. The van der Waals surface area contributed by atoms with E-state index in [0.717, 1.165) is 66.1 Å². The van der Waals surface area contributed by atoms with E-state index in [1.807, 2.05) is 65.8 Å². The second kappa shape index (κ2) is 12.9. The summed E-state index contributed by atoms with van der Waals surface area (Å²) in [7, 11) is 0. The quantitative estimate of drug-likeness (QED) is 0.192. The standard InChI is InChI=1S/C34H36Cl2O3/c1-7-37-29-13-9-25(10-14-29)33(27-17-21(3)31(35)22(4)18-27)39-34(26-11-15-30(16-12-26)38-8-2)28-19-23(5)32(36)24(6)20-28/h9-20,33-34H,7-8H2,1-6H3. The number of benzene rings is 4. The van der Waals surface area contributed by atoms with Crippen molar-refractivity contribution in [2.45, 2.75) is 53.8 Å². The number of rotatable bonds is 10. The van der Waals surface area contributed by atoms with Crippen molar-refractivity contribution in [3.63, 3.8) is 0 Å². The van der Waals surface area contributed by atoms with Crippen LogP contribution in [-0.2, 0) is 4.74 Å². The Balaban J connectivity index is 1.86. The highest BCUT2D eigenvalue weighted by Crippen LogP contribution is 2.40. The molecule has 0 aliphatic heterocycles. The summed E-state index contributed by atoms with van der Waals surface area (Å²) >= 11 is 13.1. The van der Waals surface area contributed by atoms with Crippen molar-refractivity contribution in [1.82, 2.24) is 0 Å². The molecule has 0 fully saturated rings. The first-order valence-electron chi connectivity index (χ1n) is 13.4. The topological polar surface area (TPSA) is 27.7 Å². The van der Waals surface area contributed by atoms with Gasteiger partial charge in [-0.3, -0.25) is 0 Å². The zero-order valence-corrected chi connectivity index (χ0v) is 25.0. The van der Waals surface area contributed by atoms with E-state index in [-0.39, 0.29) is 12.2 Å². The molecule has 3 nitrogen and oxygen atoms in total. The predicted molar refractivity (Wildman–Crippen MR) is 162 cm³/mol. The first-order chi connectivity index (χ1) is 18.7. The molecule has 0 amide bonds. The van der Waals surface area contributed by atoms with Gasteiger partial charge in [0.1, 0.15) is 23.7 Å². The van der Waals surface area contributed by atoms with E-state index >= 15 is 0 Å². The fourth-order valence-corrected chi connectivity index (χ4v) is 5.13. The third kappa shape index (κ3) is 6.78. The molecule has 0 radical (unpaired) electrons. The molecule has 2 unspecified atom stereocenters. The minimum Gasteiger partial charge on any atom is -0.494 e. The normalized spacial score (nSPS) is 12.7. The molecule has 0 heterocycles. The summed E-state index contributed by atoms with van der Waals surface area (Å²) in [5.41, 5.74) is 8.19. The predicted octanol–water partition coefficient (Wildman–Crippen LogP) is 9.92. The monoisotopic (exact) mass is 562 g/mol. The van der Waals surface area contributed by atoms with E-state index in [9.17, 15) is 0 Å². The smallest absolute Gasteiger partial charge is 0.119 e. The summed E-state index contributed by atoms with van der Waals surface area (Å²) in [6, 6.07) is 24.7. The number of halogens is 2. The van der Waals surface area contributed by atoms with Crippen LogP contribution in [0.4, 0.5) is 0 Å². The van der Waals surface area contributed by atoms with Gasteiger partial charge in [0.15, 0.2) is 0 Å². The first kappa shape index (κ1) is 29.0. The van der Waals surface area contributed by atoms with Crippen LogP contribution in [-0.4, -0.2) is 13.2 Å². The fourth-order valence-electron chi connectivity index (χ4n) is 4.91. The molecular weight excluding hydrogens is 527 g/mol. The summed E-state index contributed by atoms with van der Waals surface area (Å²) in [4.78, 5) is 0. The summed E-state index contributed by atoms with van der Waals surface area (Å²) in [5.74, 6) is 1.66. The van der Waals surface area contributed by atoms with Crippen LogP contribution in [0.3, 0.4) is 0 Å². The molecule has 0 saturated carbocycles. The van der Waals surface area contributed by atoms with Gasteiger partial charge in [-0.05, 0) is 110 Å². The Kier molecular flexibility index (Phi) is 9.61. The fraction of sp³-hybridized carbons (Fsp3) is 0.294. The third-order valence-electron chi connectivity index (χ3n) is 6.78. The van der Waals surface area contributed by atoms with Gasteiger partial charge in [-0.15, -0.1) is 0 Å². The Hall–Kier alpha value is -2.98. The van der Waals surface area contributed by atoms with Gasteiger partial charge < -0.3 is 14.2 Å². The van der Waals surface area contributed by atoms with Crippen LogP contribution >= 0.6 is 23.2 Å². The van der Waals surface area contributed by atoms with Crippen molar-refractivity contribution in [3.8, 4) is 11.5 Å². The van der Waals surface area contributed by atoms with Crippen LogP contribution < -0.4 is 9.47 Å². The minimum atomic E-state index is -0.358. The Morgan fingerprint density at radius 1 is 0.513 bits per heavy atom. The molecule has 0 saturated heterocycles. The van der Waals surface area contributed by atoms with E-state index in [1.54, 1.807) is 0 Å². The second-order valence-electron chi connectivity index (χ2n) is 9.84. The molecule has 2 atom stereocenters. The van der Waals surface area contributed by atoms with Crippen molar-refractivity contribution in [3.05, 3.63) is 127 Å². The maximum absolute atomic E-state index is 7.13. The lowest BCUT2D eigenvalue weighted by Crippen LogP contribution is -2.14. The Morgan fingerprint density at radius 3 is 1.10 bits per heavy atom. The average Bonchev–Trinajstić information content (AvgIpc) is 2.92. The van der Waals surface area contributed by atoms with Crippen LogP contribution in [0.25, 0.3) is 0 Å². The van der Waals surface area contributed by atoms with E-state index < -0.39 is 0 Å². The highest BCUT2D eigenvalue weighted by Gasteiger charge is 2.25. The largest absolute Gasteiger partial charge is 0.494 e. The lowest BCUT2D eigenvalue weighted by molar-refractivity contribution is 0.0307. The van der Waals surface area contributed by atoms with E-state index in [4.69, 9.17) is 37.4 Å². The molecule has 5 heteroatoms. The molecule has 4 aromatic rings. The Labute approximate surface area is 242 Å². The van der Waals surface area contributed by atoms with Crippen molar-refractivity contribution in [2.24, 2.45) is 0 Å². The van der Waals surface area contributed by atoms with Crippen LogP contribution in [0.5, 0.6) is 11.5 Å². The summed E-state index contributed by atoms with van der Waals surface area (Å²) in [6.07, 6.45) is -0.716. The van der Waals surface area contributed by atoms with Gasteiger partial charge in [0.05, 0.1) is 13.2 Å². The molecule has 204 valence electrons. The molecule has 39 heavy (non-hydrogen) atoms. The molecule has 0 aliphatic carbocycles. The van der Waals surface area contributed by atoms with Crippen LogP contribution in [0, 0.1) is 27.7 Å². The van der Waals surface area contributed by atoms with Crippen LogP contribution in [0.1, 0.15) is 70.6 Å². The number of hydrogen-bond acceptors (Lipinski definition) is 3. The molecule has 0 spiro atoms. The van der Waals surface area contributed by atoms with Crippen molar-refractivity contribution < 1.29 is 14.2 Å². The van der Waals surface area contributed by atoms with Crippen LogP contribution in [0.15, 0.2) is 72.8 Å². The second-order valence-corrected chi connectivity index (χ2v) is 10.6. The van der Waals surface area contributed by atoms with Crippen molar-refractivity contribution in [2.75, 3.05) is 13.2 Å². The Bertz CT molecular complexity index is 1260. The van der Waals surface area contributed by atoms with Gasteiger partial charge >= 0.3 is 0 Å². The van der Waals surface area contributed by atoms with Gasteiger partial charge in [-0.2, -0.15) is 0 Å². The third-order valence-corrected chi connectivity index (χ3v) is 7.98. The highest BCUT2D eigenvalue weighted by atomic mass is 35.5. The molecule has 0 aromatic heterocycles. The summed E-state index contributed by atoms with van der Waals surface area (Å²) in [6.45, 7) is 13.3. The molecule has 4 aromatic carbocycles. The highest BCUT2D eigenvalue weighted by molar-refractivity contribution is 6.32. The summed E-state index contributed by atoms with van der Waals surface area (Å²) in [5, 5.41) is 1.55. The van der Waals surface area contributed by atoms with Gasteiger partial charge in [-0.25, -0.2) is 0 Å². The molecule has 0 bridgehead atoms. The lowest BCUT2D eigenvalue weighted by Gasteiger charge is -2.28. The lowest BCUT2D eigenvalue weighted by atomic mass is 9.94. The zero-order chi connectivity index (χ0) is 28.1. The van der Waals surface area contributed by atoms with E-state index in [0.29, 0.717) is 13.2 Å². The van der Waals surface area contributed by atoms with Gasteiger partial charge in [0.2, 0.25) is 0 Å². The average molecular weight is 564 g/mol. The number of ether oxygens (including phenoxy) is 3. The number of hydrogen-bond donors (Lipinski definition) is 0. The van der Waals surface area contributed by atoms with Crippen molar-refractivity contribution >= 4 is 23.2 Å². The van der Waals surface area contributed by atoms with Crippen molar-refractivity contribution in [1.29, 1.82) is 0 Å². The van der Waals surface area contributed by atoms with Gasteiger partial charge in [0, 0.05) is 10.0 Å². The van der Waals surface area contributed by atoms with Gasteiger partial charge in [0.25, 0.3) is 0 Å². The molecule has 4 rings (SSSR count). The molecule has 0 aliphatic rings. The first-order valence-corrected chi connectivity index (χ1v) is 14.1. The minimum absolute atomic E-state index is 0.358. The van der Waals surface area contributed by atoms with Gasteiger partial charge in [-0.1, -0.05) is 71.7 Å². The maximum Gasteiger partial charge on any atom is 0.119 e. The van der Waals surface area contributed by atoms with E-state index in [2.05, 4.69) is 48.5 Å². The molecular formula is C34H36Cl2O3.